The molecule has 0 saturated heterocycles. The lowest BCUT2D eigenvalue weighted by Crippen LogP contribution is -2.29. The summed E-state index contributed by atoms with van der Waals surface area (Å²) in [6.45, 7) is 1.72. The molecule has 2 aromatic rings. The molecule has 0 saturated carbocycles. The number of hydrogen-bond acceptors (Lipinski definition) is 3. The van der Waals surface area contributed by atoms with Gasteiger partial charge in [-0.3, -0.25) is 9.59 Å². The predicted octanol–water partition coefficient (Wildman–Crippen LogP) is 2.50. The first-order valence-corrected chi connectivity index (χ1v) is 6.50. The molecule has 1 aromatic carbocycles. The summed E-state index contributed by atoms with van der Waals surface area (Å²) in [7, 11) is 0. The highest BCUT2D eigenvalue weighted by molar-refractivity contribution is 6.41. The number of anilines is 1. The van der Waals surface area contributed by atoms with Crippen LogP contribution in [0.25, 0.3) is 0 Å². The highest BCUT2D eigenvalue weighted by atomic mass is 35.5. The SMILES string of the molecule is Cc1ccc(NC(=O)Cn2ncc(Cl)c(Cl)c2=O)cc1. The third-order valence-electron chi connectivity index (χ3n) is 2.57. The van der Waals surface area contributed by atoms with E-state index in [0.29, 0.717) is 5.69 Å². The molecule has 0 spiro atoms. The fraction of sp³-hybridized carbons (Fsp3) is 0.154. The molecule has 0 unspecified atom stereocenters. The highest BCUT2D eigenvalue weighted by Gasteiger charge is 2.10. The van der Waals surface area contributed by atoms with Crippen LogP contribution in [0.3, 0.4) is 0 Å². The first-order chi connectivity index (χ1) is 9.47. The summed E-state index contributed by atoms with van der Waals surface area (Å²) < 4.78 is 0.956. The van der Waals surface area contributed by atoms with E-state index in [4.69, 9.17) is 23.2 Å². The van der Waals surface area contributed by atoms with E-state index in [1.807, 2.05) is 19.1 Å². The van der Waals surface area contributed by atoms with Gasteiger partial charge >= 0.3 is 0 Å². The summed E-state index contributed by atoms with van der Waals surface area (Å²) in [5.74, 6) is -0.373. The molecule has 0 aliphatic carbocycles. The van der Waals surface area contributed by atoms with E-state index < -0.39 is 5.56 Å². The molecule has 0 bridgehead atoms. The minimum atomic E-state index is -0.599. The van der Waals surface area contributed by atoms with E-state index in [2.05, 4.69) is 10.4 Å². The first kappa shape index (κ1) is 14.6. The largest absolute Gasteiger partial charge is 0.324 e. The Kier molecular flexibility index (Phi) is 4.42. The predicted molar refractivity (Wildman–Crippen MR) is 78.3 cm³/mol. The zero-order chi connectivity index (χ0) is 14.7. The normalized spacial score (nSPS) is 10.3. The van der Waals surface area contributed by atoms with Crippen LogP contribution in [0.2, 0.25) is 10.0 Å². The zero-order valence-electron chi connectivity index (χ0n) is 10.6. The lowest BCUT2D eigenvalue weighted by molar-refractivity contribution is -0.117. The Morgan fingerprint density at radius 2 is 1.95 bits per heavy atom. The van der Waals surface area contributed by atoms with Gasteiger partial charge in [-0.1, -0.05) is 40.9 Å². The van der Waals surface area contributed by atoms with Gasteiger partial charge in [0.25, 0.3) is 5.56 Å². The minimum absolute atomic E-state index is 0.0619. The van der Waals surface area contributed by atoms with Crippen LogP contribution in [-0.4, -0.2) is 15.7 Å². The Hall–Kier alpha value is -1.85. The quantitative estimate of drug-likeness (QED) is 0.947. The fourth-order valence-corrected chi connectivity index (χ4v) is 1.80. The number of aryl methyl sites for hydroxylation is 1. The third kappa shape index (κ3) is 3.37. The Balaban J connectivity index is 2.11. The highest BCUT2D eigenvalue weighted by Crippen LogP contribution is 2.14. The van der Waals surface area contributed by atoms with Gasteiger partial charge in [0.05, 0.1) is 11.2 Å². The molecule has 1 N–H and O–H groups in total. The van der Waals surface area contributed by atoms with Crippen molar-refractivity contribution >= 4 is 34.8 Å². The van der Waals surface area contributed by atoms with Crippen molar-refractivity contribution in [2.24, 2.45) is 0 Å². The molecule has 0 aliphatic rings. The molecule has 0 atom stereocenters. The molecule has 1 amide bonds. The number of carbonyl (C=O) groups is 1. The molecule has 104 valence electrons. The minimum Gasteiger partial charge on any atom is -0.324 e. The second-order valence-electron chi connectivity index (χ2n) is 4.18. The number of halogens is 2. The van der Waals surface area contributed by atoms with E-state index in [0.717, 1.165) is 10.2 Å². The van der Waals surface area contributed by atoms with Gasteiger partial charge in [-0.15, -0.1) is 0 Å². The van der Waals surface area contributed by atoms with Gasteiger partial charge in [0.1, 0.15) is 11.6 Å². The van der Waals surface area contributed by atoms with Gasteiger partial charge in [0, 0.05) is 5.69 Å². The van der Waals surface area contributed by atoms with E-state index >= 15 is 0 Å². The van der Waals surface area contributed by atoms with Crippen molar-refractivity contribution in [2.45, 2.75) is 13.5 Å². The lowest BCUT2D eigenvalue weighted by Gasteiger charge is -2.07. The Labute approximate surface area is 125 Å². The smallest absolute Gasteiger partial charge is 0.287 e. The Bertz CT molecular complexity index is 696. The molecule has 1 heterocycles. The number of hydrogen-bond donors (Lipinski definition) is 1. The maximum atomic E-state index is 11.8. The molecule has 0 radical (unpaired) electrons. The Morgan fingerprint density at radius 3 is 2.60 bits per heavy atom. The maximum Gasteiger partial charge on any atom is 0.287 e. The van der Waals surface area contributed by atoms with Crippen LogP contribution in [0, 0.1) is 6.92 Å². The number of carbonyl (C=O) groups excluding carboxylic acids is 1. The van der Waals surface area contributed by atoms with Crippen molar-refractivity contribution < 1.29 is 4.79 Å². The standard InChI is InChI=1S/C13H11Cl2N3O2/c1-8-2-4-9(5-3-8)17-11(19)7-18-13(20)12(15)10(14)6-16-18/h2-6H,7H2,1H3,(H,17,19). The zero-order valence-corrected chi connectivity index (χ0v) is 12.1. The van der Waals surface area contributed by atoms with Crippen LogP contribution in [0.4, 0.5) is 5.69 Å². The van der Waals surface area contributed by atoms with Gasteiger partial charge in [0.2, 0.25) is 5.91 Å². The summed E-state index contributed by atoms with van der Waals surface area (Å²) in [6.07, 6.45) is 1.23. The Morgan fingerprint density at radius 1 is 1.30 bits per heavy atom. The van der Waals surface area contributed by atoms with E-state index in [1.54, 1.807) is 12.1 Å². The molecule has 0 fully saturated rings. The molecule has 0 aliphatic heterocycles. The van der Waals surface area contributed by atoms with Crippen LogP contribution in [0.15, 0.2) is 35.3 Å². The van der Waals surface area contributed by atoms with Crippen molar-refractivity contribution in [1.29, 1.82) is 0 Å². The molecule has 2 rings (SSSR count). The van der Waals surface area contributed by atoms with Crippen LogP contribution >= 0.6 is 23.2 Å². The summed E-state index contributed by atoms with van der Waals surface area (Å²) in [5.41, 5.74) is 1.14. The van der Waals surface area contributed by atoms with Crippen molar-refractivity contribution in [3.63, 3.8) is 0 Å². The molecule has 1 aromatic heterocycles. The first-order valence-electron chi connectivity index (χ1n) is 5.75. The van der Waals surface area contributed by atoms with Gasteiger partial charge in [0.15, 0.2) is 0 Å². The molecule has 5 nitrogen and oxygen atoms in total. The monoisotopic (exact) mass is 311 g/mol. The van der Waals surface area contributed by atoms with Crippen molar-refractivity contribution in [2.75, 3.05) is 5.32 Å². The van der Waals surface area contributed by atoms with E-state index in [9.17, 15) is 9.59 Å². The summed E-state index contributed by atoms with van der Waals surface area (Å²) >= 11 is 11.4. The van der Waals surface area contributed by atoms with Crippen LogP contribution in [0.1, 0.15) is 5.56 Å². The van der Waals surface area contributed by atoms with Gasteiger partial charge < -0.3 is 5.32 Å². The number of benzene rings is 1. The van der Waals surface area contributed by atoms with Crippen LogP contribution in [0.5, 0.6) is 0 Å². The van der Waals surface area contributed by atoms with Gasteiger partial charge in [-0.05, 0) is 19.1 Å². The lowest BCUT2D eigenvalue weighted by atomic mass is 10.2. The maximum absolute atomic E-state index is 11.8. The number of nitrogens with zero attached hydrogens (tertiary/aromatic N) is 2. The molecular formula is C13H11Cl2N3O2. The van der Waals surface area contributed by atoms with Gasteiger partial charge in [-0.2, -0.15) is 5.10 Å². The number of amides is 1. The number of rotatable bonds is 3. The summed E-state index contributed by atoms with van der Waals surface area (Å²) in [5, 5.41) is 6.34. The second kappa shape index (κ2) is 6.07. The molecule has 7 heteroatoms. The second-order valence-corrected chi connectivity index (χ2v) is 4.97. The topological polar surface area (TPSA) is 64.0 Å². The van der Waals surface area contributed by atoms with Crippen LogP contribution in [-0.2, 0) is 11.3 Å². The third-order valence-corrected chi connectivity index (χ3v) is 3.32. The average molecular weight is 312 g/mol. The van der Waals surface area contributed by atoms with Crippen molar-refractivity contribution in [3.8, 4) is 0 Å². The summed E-state index contributed by atoms with van der Waals surface area (Å²) in [6, 6.07) is 7.30. The van der Waals surface area contributed by atoms with Crippen molar-refractivity contribution in [3.05, 3.63) is 56.4 Å². The molecule has 20 heavy (non-hydrogen) atoms. The number of aromatic nitrogens is 2. The van der Waals surface area contributed by atoms with Crippen molar-refractivity contribution in [1.82, 2.24) is 9.78 Å². The summed E-state index contributed by atoms with van der Waals surface area (Å²) in [4.78, 5) is 23.6. The van der Waals surface area contributed by atoms with Crippen LogP contribution < -0.4 is 10.9 Å². The number of nitrogens with one attached hydrogen (secondary N) is 1. The van der Waals surface area contributed by atoms with E-state index in [1.165, 1.54) is 6.20 Å². The van der Waals surface area contributed by atoms with Gasteiger partial charge in [-0.25, -0.2) is 4.68 Å². The van der Waals surface area contributed by atoms with E-state index in [-0.39, 0.29) is 22.5 Å². The molecular weight excluding hydrogens is 301 g/mol. The fourth-order valence-electron chi connectivity index (χ4n) is 1.53. The average Bonchev–Trinajstić information content (AvgIpc) is 2.42.